The zero-order chi connectivity index (χ0) is 14.8. The second-order valence-corrected chi connectivity index (χ2v) is 5.91. The Morgan fingerprint density at radius 1 is 0.955 bits per heavy atom. The fourth-order valence-corrected chi connectivity index (χ4v) is 3.22. The van der Waals surface area contributed by atoms with Crippen LogP contribution in [0.5, 0.6) is 17.5 Å². The van der Waals surface area contributed by atoms with Crippen molar-refractivity contribution in [2.45, 2.75) is 18.9 Å². The Morgan fingerprint density at radius 3 is 2.32 bits per heavy atom. The summed E-state index contributed by atoms with van der Waals surface area (Å²) < 4.78 is 11.7. The predicted molar refractivity (Wildman–Crippen MR) is 82.1 cm³/mol. The van der Waals surface area contributed by atoms with Crippen LogP contribution in [-0.4, -0.2) is 40.6 Å². The van der Waals surface area contributed by atoms with Crippen molar-refractivity contribution in [3.05, 3.63) is 42.7 Å². The summed E-state index contributed by atoms with van der Waals surface area (Å²) in [7, 11) is 0. The van der Waals surface area contributed by atoms with Crippen LogP contribution in [0, 0.1) is 5.92 Å². The van der Waals surface area contributed by atoms with E-state index < -0.39 is 0 Å². The summed E-state index contributed by atoms with van der Waals surface area (Å²) >= 11 is 0. The summed E-state index contributed by atoms with van der Waals surface area (Å²) in [5.41, 5.74) is 0. The smallest absolute Gasteiger partial charge is 0.316 e. The highest BCUT2D eigenvalue weighted by Gasteiger charge is 2.35. The molecule has 0 N–H and O–H groups in total. The SMILES string of the molecule is c1ccc(Oc2cnc(OC3CN4CCC3CC4)nc2)cc1. The average Bonchev–Trinajstić information content (AvgIpc) is 2.59. The maximum Gasteiger partial charge on any atom is 0.316 e. The molecule has 5 rings (SSSR count). The normalized spacial score (nSPS) is 26.6. The number of nitrogens with zero attached hydrogens (tertiary/aromatic N) is 3. The number of aromatic nitrogens is 2. The molecule has 3 fully saturated rings. The number of hydrogen-bond donors (Lipinski definition) is 0. The van der Waals surface area contributed by atoms with Crippen molar-refractivity contribution >= 4 is 0 Å². The topological polar surface area (TPSA) is 47.5 Å². The van der Waals surface area contributed by atoms with Crippen molar-refractivity contribution in [3.8, 4) is 17.5 Å². The molecule has 3 saturated heterocycles. The maximum absolute atomic E-state index is 5.97. The van der Waals surface area contributed by atoms with E-state index in [0.717, 1.165) is 12.3 Å². The van der Waals surface area contributed by atoms with Crippen molar-refractivity contribution in [2.24, 2.45) is 5.92 Å². The lowest BCUT2D eigenvalue weighted by molar-refractivity contribution is -0.0124. The fraction of sp³-hybridized carbons (Fsp3) is 0.412. The van der Waals surface area contributed by atoms with Crippen LogP contribution in [0.3, 0.4) is 0 Å². The van der Waals surface area contributed by atoms with E-state index in [1.807, 2.05) is 30.3 Å². The van der Waals surface area contributed by atoms with Crippen molar-refractivity contribution in [2.75, 3.05) is 19.6 Å². The fourth-order valence-electron chi connectivity index (χ4n) is 3.22. The molecule has 2 aromatic rings. The molecule has 0 amide bonds. The quantitative estimate of drug-likeness (QED) is 0.868. The molecule has 22 heavy (non-hydrogen) atoms. The van der Waals surface area contributed by atoms with E-state index in [1.165, 1.54) is 25.9 Å². The lowest BCUT2D eigenvalue weighted by Crippen LogP contribution is -2.52. The molecule has 1 aromatic heterocycles. The van der Waals surface area contributed by atoms with Crippen molar-refractivity contribution < 1.29 is 9.47 Å². The van der Waals surface area contributed by atoms with Gasteiger partial charge in [0.2, 0.25) is 0 Å². The van der Waals surface area contributed by atoms with E-state index >= 15 is 0 Å². The Labute approximate surface area is 129 Å². The summed E-state index contributed by atoms with van der Waals surface area (Å²) in [6, 6.07) is 10.1. The van der Waals surface area contributed by atoms with E-state index in [-0.39, 0.29) is 6.10 Å². The van der Waals surface area contributed by atoms with Gasteiger partial charge in [0.25, 0.3) is 0 Å². The third-order valence-corrected chi connectivity index (χ3v) is 4.44. The minimum Gasteiger partial charge on any atom is -0.458 e. The van der Waals surface area contributed by atoms with Gasteiger partial charge in [-0.3, -0.25) is 4.90 Å². The number of hydrogen-bond acceptors (Lipinski definition) is 5. The minimum absolute atomic E-state index is 0.225. The Morgan fingerprint density at radius 2 is 1.68 bits per heavy atom. The van der Waals surface area contributed by atoms with E-state index in [4.69, 9.17) is 9.47 Å². The van der Waals surface area contributed by atoms with Crippen LogP contribution in [-0.2, 0) is 0 Å². The van der Waals surface area contributed by atoms with Crippen LogP contribution in [0.15, 0.2) is 42.7 Å². The third kappa shape index (κ3) is 2.90. The molecule has 0 radical (unpaired) electrons. The summed E-state index contributed by atoms with van der Waals surface area (Å²) in [5.74, 6) is 2.04. The number of rotatable bonds is 4. The molecule has 0 aliphatic carbocycles. The molecule has 4 heterocycles. The first-order chi connectivity index (χ1) is 10.9. The van der Waals surface area contributed by atoms with Gasteiger partial charge in [0.05, 0.1) is 12.4 Å². The molecule has 2 bridgehead atoms. The van der Waals surface area contributed by atoms with Gasteiger partial charge in [0.15, 0.2) is 5.75 Å². The van der Waals surface area contributed by atoms with Gasteiger partial charge in [-0.15, -0.1) is 0 Å². The zero-order valence-corrected chi connectivity index (χ0v) is 12.4. The third-order valence-electron chi connectivity index (χ3n) is 4.44. The molecule has 5 heteroatoms. The Hall–Kier alpha value is -2.14. The summed E-state index contributed by atoms with van der Waals surface area (Å²) in [5, 5.41) is 0. The van der Waals surface area contributed by atoms with Crippen LogP contribution < -0.4 is 9.47 Å². The summed E-state index contributed by atoms with van der Waals surface area (Å²) in [6.45, 7) is 3.40. The number of para-hydroxylation sites is 1. The first-order valence-corrected chi connectivity index (χ1v) is 7.81. The molecule has 1 unspecified atom stereocenters. The van der Waals surface area contributed by atoms with E-state index in [0.29, 0.717) is 17.7 Å². The number of ether oxygens (including phenoxy) is 2. The number of piperidine rings is 3. The Bertz CT molecular complexity index is 610. The van der Waals surface area contributed by atoms with Gasteiger partial charge in [0, 0.05) is 6.54 Å². The highest BCUT2D eigenvalue weighted by atomic mass is 16.5. The highest BCUT2D eigenvalue weighted by Crippen LogP contribution is 2.30. The van der Waals surface area contributed by atoms with Crippen molar-refractivity contribution in [3.63, 3.8) is 0 Å². The molecule has 1 atom stereocenters. The molecule has 5 nitrogen and oxygen atoms in total. The highest BCUT2D eigenvalue weighted by molar-refractivity contribution is 5.27. The average molecular weight is 297 g/mol. The first-order valence-electron chi connectivity index (χ1n) is 7.81. The maximum atomic E-state index is 5.97. The van der Waals surface area contributed by atoms with Crippen LogP contribution in [0.25, 0.3) is 0 Å². The molecule has 1 aromatic carbocycles. The molecule has 0 saturated carbocycles. The van der Waals surface area contributed by atoms with Crippen molar-refractivity contribution in [1.82, 2.24) is 14.9 Å². The van der Waals surface area contributed by atoms with Crippen LogP contribution in [0.2, 0.25) is 0 Å². The molecule has 3 aliphatic rings. The minimum atomic E-state index is 0.225. The molecule has 0 spiro atoms. The lowest BCUT2D eigenvalue weighted by Gasteiger charge is -2.43. The van der Waals surface area contributed by atoms with E-state index in [9.17, 15) is 0 Å². The van der Waals surface area contributed by atoms with E-state index in [1.54, 1.807) is 12.4 Å². The van der Waals surface area contributed by atoms with Crippen LogP contribution in [0.1, 0.15) is 12.8 Å². The van der Waals surface area contributed by atoms with Gasteiger partial charge in [-0.2, -0.15) is 9.97 Å². The number of fused-ring (bicyclic) bond motifs is 3. The van der Waals surface area contributed by atoms with Gasteiger partial charge in [0.1, 0.15) is 11.9 Å². The largest absolute Gasteiger partial charge is 0.458 e. The van der Waals surface area contributed by atoms with Gasteiger partial charge in [-0.1, -0.05) is 18.2 Å². The monoisotopic (exact) mass is 297 g/mol. The van der Waals surface area contributed by atoms with Crippen molar-refractivity contribution in [1.29, 1.82) is 0 Å². The van der Waals surface area contributed by atoms with Gasteiger partial charge in [-0.05, 0) is 44.0 Å². The van der Waals surface area contributed by atoms with E-state index in [2.05, 4.69) is 14.9 Å². The standard InChI is InChI=1S/C17H19N3O2/c1-2-4-14(5-3-1)21-15-10-18-17(19-11-15)22-16-12-20-8-6-13(16)7-9-20/h1-5,10-11,13,16H,6-9,12H2. The molecular formula is C17H19N3O2. The van der Waals surface area contributed by atoms with Gasteiger partial charge >= 0.3 is 6.01 Å². The number of benzene rings is 1. The lowest BCUT2D eigenvalue weighted by atomic mass is 9.86. The molecule has 3 aliphatic heterocycles. The van der Waals surface area contributed by atoms with Crippen LogP contribution >= 0.6 is 0 Å². The Kier molecular flexibility index (Phi) is 3.64. The Balaban J connectivity index is 1.39. The summed E-state index contributed by atoms with van der Waals surface area (Å²) in [4.78, 5) is 11.0. The second-order valence-electron chi connectivity index (χ2n) is 5.91. The molecular weight excluding hydrogens is 278 g/mol. The van der Waals surface area contributed by atoms with Gasteiger partial charge < -0.3 is 9.47 Å². The first kappa shape index (κ1) is 13.5. The van der Waals surface area contributed by atoms with Crippen LogP contribution in [0.4, 0.5) is 0 Å². The second kappa shape index (κ2) is 5.93. The predicted octanol–water partition coefficient (Wildman–Crippen LogP) is 2.74. The molecule has 114 valence electrons. The summed E-state index contributed by atoms with van der Waals surface area (Å²) in [6.07, 6.45) is 6.00. The zero-order valence-electron chi connectivity index (χ0n) is 12.4. The van der Waals surface area contributed by atoms with Gasteiger partial charge in [-0.25, -0.2) is 0 Å².